The molecular weight excluding hydrogens is 380 g/mol. The summed E-state index contributed by atoms with van der Waals surface area (Å²) < 4.78 is 10.2. The zero-order valence-corrected chi connectivity index (χ0v) is 16.6. The summed E-state index contributed by atoms with van der Waals surface area (Å²) in [6.45, 7) is 6.50. The molecule has 1 heterocycles. The molecule has 0 unspecified atom stereocenters. The van der Waals surface area contributed by atoms with Gasteiger partial charge in [-0.1, -0.05) is 13.8 Å². The van der Waals surface area contributed by atoms with Crippen molar-refractivity contribution in [3.8, 4) is 6.07 Å². The number of anilines is 1. The van der Waals surface area contributed by atoms with E-state index in [2.05, 4.69) is 5.32 Å². The van der Waals surface area contributed by atoms with E-state index in [9.17, 15) is 25.0 Å². The molecule has 2 rings (SSSR count). The lowest BCUT2D eigenvalue weighted by molar-refractivity contribution is -0.384. The fourth-order valence-corrected chi connectivity index (χ4v) is 2.71. The number of carbonyl (C=O) groups is 2. The van der Waals surface area contributed by atoms with Crippen molar-refractivity contribution in [2.45, 2.75) is 26.3 Å². The highest BCUT2D eigenvalue weighted by Crippen LogP contribution is 2.30. The second-order valence-electron chi connectivity index (χ2n) is 7.15. The molecule has 1 aliphatic heterocycles. The molecule has 156 valence electrons. The molecule has 0 radical (unpaired) electrons. The van der Waals surface area contributed by atoms with E-state index in [0.717, 1.165) is 6.07 Å². The van der Waals surface area contributed by atoms with Crippen LogP contribution < -0.4 is 10.2 Å². The molecule has 0 spiro atoms. The predicted octanol–water partition coefficient (Wildman–Crippen LogP) is 1.64. The molecule has 1 aliphatic rings. The largest absolute Gasteiger partial charge is 0.452 e. The third-order valence-electron chi connectivity index (χ3n) is 4.88. The summed E-state index contributed by atoms with van der Waals surface area (Å²) in [7, 11) is 0. The first-order valence-corrected chi connectivity index (χ1v) is 9.18. The number of nitrogens with zero attached hydrogens (tertiary/aromatic N) is 3. The summed E-state index contributed by atoms with van der Waals surface area (Å²) in [6.07, 6.45) is 0. The van der Waals surface area contributed by atoms with Crippen molar-refractivity contribution in [1.82, 2.24) is 5.32 Å². The molecule has 10 heteroatoms. The number of carbonyl (C=O) groups excluding carboxylic acids is 2. The molecule has 0 bridgehead atoms. The summed E-state index contributed by atoms with van der Waals surface area (Å²) >= 11 is 0. The topological polar surface area (TPSA) is 135 Å². The van der Waals surface area contributed by atoms with Crippen LogP contribution in [0.2, 0.25) is 0 Å². The van der Waals surface area contributed by atoms with Gasteiger partial charge in [0.2, 0.25) is 0 Å². The van der Waals surface area contributed by atoms with E-state index >= 15 is 0 Å². The fourth-order valence-electron chi connectivity index (χ4n) is 2.71. The minimum absolute atomic E-state index is 0.0339. The van der Waals surface area contributed by atoms with E-state index < -0.39 is 28.9 Å². The smallest absolute Gasteiger partial charge is 0.338 e. The Morgan fingerprint density at radius 1 is 1.41 bits per heavy atom. The molecule has 1 N–H and O–H groups in total. The van der Waals surface area contributed by atoms with E-state index in [4.69, 9.17) is 9.47 Å². The molecule has 0 saturated carbocycles. The van der Waals surface area contributed by atoms with Gasteiger partial charge in [0.05, 0.1) is 29.8 Å². The van der Waals surface area contributed by atoms with Crippen molar-refractivity contribution in [3.05, 3.63) is 33.9 Å². The molecule has 1 amide bonds. The number of amides is 1. The van der Waals surface area contributed by atoms with Gasteiger partial charge in [-0.2, -0.15) is 5.26 Å². The number of nitro benzene ring substituents is 1. The van der Waals surface area contributed by atoms with Crippen LogP contribution in [0.25, 0.3) is 0 Å². The number of nitrogens with one attached hydrogen (secondary N) is 1. The van der Waals surface area contributed by atoms with Crippen LogP contribution in [0, 0.1) is 27.4 Å². The Labute approximate surface area is 168 Å². The average Bonchev–Trinajstić information content (AvgIpc) is 2.71. The Morgan fingerprint density at radius 2 is 2.07 bits per heavy atom. The highest BCUT2D eigenvalue weighted by atomic mass is 16.6. The van der Waals surface area contributed by atoms with Crippen LogP contribution >= 0.6 is 0 Å². The van der Waals surface area contributed by atoms with Crippen LogP contribution in [0.3, 0.4) is 0 Å². The monoisotopic (exact) mass is 404 g/mol. The van der Waals surface area contributed by atoms with Gasteiger partial charge in [0.25, 0.3) is 11.6 Å². The minimum Gasteiger partial charge on any atom is -0.452 e. The molecule has 0 aliphatic carbocycles. The van der Waals surface area contributed by atoms with Crippen molar-refractivity contribution < 1.29 is 24.0 Å². The zero-order valence-electron chi connectivity index (χ0n) is 16.6. The summed E-state index contributed by atoms with van der Waals surface area (Å²) in [5.41, 5.74) is -0.951. The van der Waals surface area contributed by atoms with Crippen LogP contribution in [-0.4, -0.2) is 55.2 Å². The standard InChI is InChI=1S/C19H24N4O6/c1-13(2)19(3,12-20)21-17(24)11-29-18(25)14-4-5-15(16(10-14)23(26)27)22-6-8-28-9-7-22/h4-5,10,13H,6-9,11H2,1-3H3,(H,21,24)/t19-/m0/s1. The second kappa shape index (κ2) is 9.34. The maximum Gasteiger partial charge on any atom is 0.338 e. The van der Waals surface area contributed by atoms with Gasteiger partial charge < -0.3 is 19.7 Å². The first kappa shape index (κ1) is 22.1. The maximum atomic E-state index is 12.3. The summed E-state index contributed by atoms with van der Waals surface area (Å²) in [5, 5.41) is 23.2. The molecule has 1 aromatic rings. The highest BCUT2D eigenvalue weighted by Gasteiger charge is 2.30. The lowest BCUT2D eigenvalue weighted by atomic mass is 9.90. The minimum atomic E-state index is -1.10. The van der Waals surface area contributed by atoms with Gasteiger partial charge in [-0.3, -0.25) is 14.9 Å². The van der Waals surface area contributed by atoms with Crippen LogP contribution in [0.1, 0.15) is 31.1 Å². The normalized spacial score (nSPS) is 15.9. The fraction of sp³-hybridized carbons (Fsp3) is 0.526. The van der Waals surface area contributed by atoms with Crippen molar-refractivity contribution in [3.63, 3.8) is 0 Å². The maximum absolute atomic E-state index is 12.3. The van der Waals surface area contributed by atoms with Gasteiger partial charge in [-0.25, -0.2) is 4.79 Å². The Bertz CT molecular complexity index is 828. The van der Waals surface area contributed by atoms with Crippen LogP contribution in [0.5, 0.6) is 0 Å². The molecule has 1 fully saturated rings. The summed E-state index contributed by atoms with van der Waals surface area (Å²) in [6, 6.07) is 6.08. The molecular formula is C19H24N4O6. The Kier molecular flexibility index (Phi) is 7.12. The lowest BCUT2D eigenvalue weighted by Crippen LogP contribution is -2.50. The molecule has 10 nitrogen and oxygen atoms in total. The average molecular weight is 404 g/mol. The van der Waals surface area contributed by atoms with E-state index in [1.54, 1.807) is 20.8 Å². The predicted molar refractivity (Wildman–Crippen MR) is 103 cm³/mol. The SMILES string of the molecule is CC(C)[C@](C)(C#N)NC(=O)COC(=O)c1ccc(N2CCOCC2)c([N+](=O)[O-])c1. The third-order valence-corrected chi connectivity index (χ3v) is 4.88. The van der Waals surface area contributed by atoms with Gasteiger partial charge in [-0.15, -0.1) is 0 Å². The van der Waals surface area contributed by atoms with Gasteiger partial charge in [0.1, 0.15) is 11.2 Å². The van der Waals surface area contributed by atoms with E-state index in [1.165, 1.54) is 12.1 Å². The number of nitriles is 1. The molecule has 29 heavy (non-hydrogen) atoms. The van der Waals surface area contributed by atoms with Crippen LogP contribution in [-0.2, 0) is 14.3 Å². The second-order valence-corrected chi connectivity index (χ2v) is 7.15. The number of benzene rings is 1. The first-order chi connectivity index (χ1) is 13.7. The first-order valence-electron chi connectivity index (χ1n) is 9.18. The Morgan fingerprint density at radius 3 is 2.62 bits per heavy atom. The lowest BCUT2D eigenvalue weighted by Gasteiger charge is -2.28. The van der Waals surface area contributed by atoms with Crippen LogP contribution in [0.15, 0.2) is 18.2 Å². The van der Waals surface area contributed by atoms with Crippen molar-refractivity contribution in [1.29, 1.82) is 5.26 Å². The number of morpholine rings is 1. The quantitative estimate of drug-likeness (QED) is 0.412. The van der Waals surface area contributed by atoms with Crippen molar-refractivity contribution >= 4 is 23.3 Å². The number of rotatable bonds is 7. The molecule has 1 saturated heterocycles. The number of hydrogen-bond donors (Lipinski definition) is 1. The highest BCUT2D eigenvalue weighted by molar-refractivity contribution is 5.93. The number of hydrogen-bond acceptors (Lipinski definition) is 8. The van der Waals surface area contributed by atoms with Gasteiger partial charge in [-0.05, 0) is 25.0 Å². The molecule has 0 aromatic heterocycles. The zero-order chi connectivity index (χ0) is 21.6. The summed E-state index contributed by atoms with van der Waals surface area (Å²) in [4.78, 5) is 37.0. The van der Waals surface area contributed by atoms with E-state index in [1.807, 2.05) is 11.0 Å². The Balaban J connectivity index is 2.07. The van der Waals surface area contributed by atoms with Gasteiger partial charge in [0, 0.05) is 19.2 Å². The molecule has 1 aromatic carbocycles. The Hall–Kier alpha value is -3.19. The number of nitro groups is 1. The van der Waals surface area contributed by atoms with E-state index in [-0.39, 0.29) is 17.2 Å². The van der Waals surface area contributed by atoms with Crippen molar-refractivity contribution in [2.75, 3.05) is 37.8 Å². The van der Waals surface area contributed by atoms with Crippen LogP contribution in [0.4, 0.5) is 11.4 Å². The third kappa shape index (κ3) is 5.42. The molecule has 1 atom stereocenters. The van der Waals surface area contributed by atoms with Crippen molar-refractivity contribution in [2.24, 2.45) is 5.92 Å². The van der Waals surface area contributed by atoms with E-state index in [0.29, 0.717) is 32.0 Å². The van der Waals surface area contributed by atoms with Gasteiger partial charge >= 0.3 is 5.97 Å². The number of ether oxygens (including phenoxy) is 2. The van der Waals surface area contributed by atoms with Gasteiger partial charge in [0.15, 0.2) is 6.61 Å². The number of esters is 1. The summed E-state index contributed by atoms with van der Waals surface area (Å²) in [5.74, 6) is -1.64.